The van der Waals surface area contributed by atoms with Crippen molar-refractivity contribution in [2.75, 3.05) is 6.54 Å². The highest BCUT2D eigenvalue weighted by molar-refractivity contribution is 5.79. The van der Waals surface area contributed by atoms with Crippen molar-refractivity contribution in [3.8, 4) is 0 Å². The predicted octanol–water partition coefficient (Wildman–Crippen LogP) is 2.36. The molecule has 1 aliphatic heterocycles. The van der Waals surface area contributed by atoms with Crippen molar-refractivity contribution >= 4 is 5.97 Å². The van der Waals surface area contributed by atoms with E-state index in [1.807, 2.05) is 6.92 Å². The van der Waals surface area contributed by atoms with Crippen molar-refractivity contribution in [2.24, 2.45) is 11.8 Å². The standard InChI is InChI=1S/C13H23NO2/c1-9-5-4-8-14(10(9)2)13(3,12(15)16)11-6-7-11/h9-11H,4-8H2,1-3H3,(H,15,16). The molecule has 0 bridgehead atoms. The maximum absolute atomic E-state index is 11.6. The summed E-state index contributed by atoms with van der Waals surface area (Å²) in [6.07, 6.45) is 4.54. The summed E-state index contributed by atoms with van der Waals surface area (Å²) in [5, 5.41) is 9.56. The maximum atomic E-state index is 11.6. The van der Waals surface area contributed by atoms with Crippen LogP contribution in [0.25, 0.3) is 0 Å². The molecule has 3 nitrogen and oxygen atoms in total. The van der Waals surface area contributed by atoms with Crippen LogP contribution >= 0.6 is 0 Å². The van der Waals surface area contributed by atoms with Crippen LogP contribution in [0.2, 0.25) is 0 Å². The lowest BCUT2D eigenvalue weighted by molar-refractivity contribution is -0.156. The highest BCUT2D eigenvalue weighted by Gasteiger charge is 2.53. The first kappa shape index (κ1) is 11.9. The van der Waals surface area contributed by atoms with E-state index in [2.05, 4.69) is 18.7 Å². The molecule has 2 rings (SSSR count). The lowest BCUT2D eigenvalue weighted by Crippen LogP contribution is -2.60. The van der Waals surface area contributed by atoms with E-state index in [0.717, 1.165) is 25.8 Å². The van der Waals surface area contributed by atoms with Crippen molar-refractivity contribution in [3.05, 3.63) is 0 Å². The average molecular weight is 225 g/mol. The van der Waals surface area contributed by atoms with Gasteiger partial charge >= 0.3 is 5.97 Å². The van der Waals surface area contributed by atoms with Crippen molar-refractivity contribution in [1.82, 2.24) is 4.90 Å². The fourth-order valence-corrected chi connectivity index (χ4v) is 3.17. The van der Waals surface area contributed by atoms with Crippen molar-refractivity contribution in [1.29, 1.82) is 0 Å². The SMILES string of the molecule is CC1CCCN(C(C)(C(=O)O)C2CC2)C1C. The van der Waals surface area contributed by atoms with Gasteiger partial charge in [0.2, 0.25) is 0 Å². The number of carboxylic acid groups (broad SMARTS) is 1. The zero-order valence-corrected chi connectivity index (χ0v) is 10.6. The van der Waals surface area contributed by atoms with E-state index in [0.29, 0.717) is 17.9 Å². The number of hydrogen-bond acceptors (Lipinski definition) is 2. The van der Waals surface area contributed by atoms with E-state index >= 15 is 0 Å². The molecule has 1 N–H and O–H groups in total. The molecule has 1 heterocycles. The molecule has 1 aliphatic carbocycles. The summed E-state index contributed by atoms with van der Waals surface area (Å²) < 4.78 is 0. The van der Waals surface area contributed by atoms with Crippen LogP contribution in [0.15, 0.2) is 0 Å². The van der Waals surface area contributed by atoms with Crippen LogP contribution in [-0.2, 0) is 4.79 Å². The fourth-order valence-electron chi connectivity index (χ4n) is 3.17. The number of piperidine rings is 1. The van der Waals surface area contributed by atoms with Crippen LogP contribution in [0.1, 0.15) is 46.5 Å². The largest absolute Gasteiger partial charge is 0.480 e. The first-order chi connectivity index (χ1) is 7.48. The Kier molecular flexibility index (Phi) is 2.99. The Morgan fingerprint density at radius 2 is 1.94 bits per heavy atom. The van der Waals surface area contributed by atoms with Gasteiger partial charge in [-0.15, -0.1) is 0 Å². The lowest BCUT2D eigenvalue weighted by atomic mass is 9.84. The molecule has 1 saturated carbocycles. The van der Waals surface area contributed by atoms with Crippen LogP contribution < -0.4 is 0 Å². The van der Waals surface area contributed by atoms with E-state index in [9.17, 15) is 9.90 Å². The number of nitrogens with zero attached hydrogens (tertiary/aromatic N) is 1. The van der Waals surface area contributed by atoms with E-state index in [4.69, 9.17) is 0 Å². The van der Waals surface area contributed by atoms with Gasteiger partial charge in [-0.2, -0.15) is 0 Å². The quantitative estimate of drug-likeness (QED) is 0.801. The van der Waals surface area contributed by atoms with Crippen LogP contribution in [0.4, 0.5) is 0 Å². The molecule has 16 heavy (non-hydrogen) atoms. The van der Waals surface area contributed by atoms with Crippen LogP contribution in [-0.4, -0.2) is 34.1 Å². The summed E-state index contributed by atoms with van der Waals surface area (Å²) in [7, 11) is 0. The summed E-state index contributed by atoms with van der Waals surface area (Å²) >= 11 is 0. The van der Waals surface area contributed by atoms with Gasteiger partial charge in [-0.25, -0.2) is 0 Å². The Balaban J connectivity index is 2.22. The van der Waals surface area contributed by atoms with Gasteiger partial charge in [0.1, 0.15) is 5.54 Å². The van der Waals surface area contributed by atoms with Crippen molar-refractivity contribution in [3.63, 3.8) is 0 Å². The minimum absolute atomic E-state index is 0.373. The summed E-state index contributed by atoms with van der Waals surface area (Å²) in [5.74, 6) is 0.361. The predicted molar refractivity (Wildman–Crippen MR) is 63.3 cm³/mol. The lowest BCUT2D eigenvalue weighted by Gasteiger charge is -2.47. The molecule has 3 unspecified atom stereocenters. The summed E-state index contributed by atoms with van der Waals surface area (Å²) in [6, 6.07) is 0.399. The number of carboxylic acids is 1. The third-order valence-corrected chi connectivity index (χ3v) is 4.78. The zero-order valence-electron chi connectivity index (χ0n) is 10.6. The van der Waals surface area contributed by atoms with Gasteiger partial charge < -0.3 is 5.11 Å². The van der Waals surface area contributed by atoms with Crippen molar-refractivity contribution < 1.29 is 9.90 Å². The normalized spacial score (nSPS) is 35.7. The van der Waals surface area contributed by atoms with E-state index in [1.54, 1.807) is 0 Å². The Hall–Kier alpha value is -0.570. The molecule has 3 atom stereocenters. The third-order valence-electron chi connectivity index (χ3n) is 4.78. The molecule has 2 aliphatic rings. The highest BCUT2D eigenvalue weighted by atomic mass is 16.4. The summed E-state index contributed by atoms with van der Waals surface area (Å²) in [6.45, 7) is 7.31. The van der Waals surface area contributed by atoms with Gasteiger partial charge in [-0.05, 0) is 57.9 Å². The number of carbonyl (C=O) groups is 1. The Morgan fingerprint density at radius 3 is 2.44 bits per heavy atom. The average Bonchev–Trinajstić information content (AvgIpc) is 3.04. The first-order valence-electron chi connectivity index (χ1n) is 6.48. The Bertz CT molecular complexity index is 288. The second-order valence-electron chi connectivity index (χ2n) is 5.78. The van der Waals surface area contributed by atoms with Gasteiger partial charge in [0.15, 0.2) is 0 Å². The van der Waals surface area contributed by atoms with Crippen LogP contribution in [0.3, 0.4) is 0 Å². The Morgan fingerprint density at radius 1 is 1.31 bits per heavy atom. The molecular weight excluding hydrogens is 202 g/mol. The van der Waals surface area contributed by atoms with E-state index in [-0.39, 0.29) is 0 Å². The van der Waals surface area contributed by atoms with Crippen LogP contribution in [0.5, 0.6) is 0 Å². The molecule has 0 aromatic carbocycles. The minimum atomic E-state index is -0.629. The highest BCUT2D eigenvalue weighted by Crippen LogP contribution is 2.45. The topological polar surface area (TPSA) is 40.5 Å². The maximum Gasteiger partial charge on any atom is 0.324 e. The number of hydrogen-bond donors (Lipinski definition) is 1. The fraction of sp³-hybridized carbons (Fsp3) is 0.923. The smallest absolute Gasteiger partial charge is 0.324 e. The molecule has 0 spiro atoms. The number of likely N-dealkylation sites (tertiary alicyclic amines) is 1. The molecule has 3 heteroatoms. The minimum Gasteiger partial charge on any atom is -0.480 e. The van der Waals surface area contributed by atoms with Gasteiger partial charge in [-0.1, -0.05) is 6.92 Å². The van der Waals surface area contributed by atoms with Gasteiger partial charge in [-0.3, -0.25) is 9.69 Å². The molecule has 2 fully saturated rings. The molecule has 0 aromatic heterocycles. The number of aliphatic carboxylic acids is 1. The van der Waals surface area contributed by atoms with E-state index < -0.39 is 11.5 Å². The molecule has 0 aromatic rings. The van der Waals surface area contributed by atoms with Gasteiger partial charge in [0, 0.05) is 6.04 Å². The summed E-state index contributed by atoms with van der Waals surface area (Å²) in [5.41, 5.74) is -0.617. The first-order valence-corrected chi connectivity index (χ1v) is 6.48. The van der Waals surface area contributed by atoms with Crippen LogP contribution in [0, 0.1) is 11.8 Å². The molecular formula is C13H23NO2. The van der Waals surface area contributed by atoms with Crippen molar-refractivity contribution in [2.45, 2.75) is 58.0 Å². The van der Waals surface area contributed by atoms with Gasteiger partial charge in [0.05, 0.1) is 0 Å². The number of rotatable bonds is 3. The molecule has 0 amide bonds. The zero-order chi connectivity index (χ0) is 11.9. The van der Waals surface area contributed by atoms with E-state index in [1.165, 1.54) is 6.42 Å². The molecule has 92 valence electrons. The monoisotopic (exact) mass is 225 g/mol. The second kappa shape index (κ2) is 4.02. The molecule has 0 radical (unpaired) electrons. The summed E-state index contributed by atoms with van der Waals surface area (Å²) in [4.78, 5) is 13.9. The molecule has 1 saturated heterocycles. The third kappa shape index (κ3) is 1.75. The van der Waals surface area contributed by atoms with Gasteiger partial charge in [0.25, 0.3) is 0 Å². The Labute approximate surface area is 97.8 Å². The second-order valence-corrected chi connectivity index (χ2v) is 5.78.